The van der Waals surface area contributed by atoms with Crippen molar-refractivity contribution in [3.8, 4) is 0 Å². The number of nitrogens with zero attached hydrogens (tertiary/aromatic N) is 2. The van der Waals surface area contributed by atoms with Crippen LogP contribution >= 0.6 is 23.1 Å². The summed E-state index contributed by atoms with van der Waals surface area (Å²) in [5.41, 5.74) is 2.89. The van der Waals surface area contributed by atoms with E-state index in [2.05, 4.69) is 5.32 Å². The highest BCUT2D eigenvalue weighted by atomic mass is 32.2. The number of fused-ring (bicyclic) bond motifs is 3. The summed E-state index contributed by atoms with van der Waals surface area (Å²) >= 11 is 2.77. The summed E-state index contributed by atoms with van der Waals surface area (Å²) in [5, 5.41) is 4.49. The molecule has 4 aromatic rings. The van der Waals surface area contributed by atoms with Gasteiger partial charge in [-0.05, 0) is 31.9 Å². The predicted octanol–water partition coefficient (Wildman–Crippen LogP) is 4.75. The smallest absolute Gasteiger partial charge is 0.272 e. The van der Waals surface area contributed by atoms with Crippen molar-refractivity contribution >= 4 is 49.3 Å². The molecule has 0 aliphatic rings. The van der Waals surface area contributed by atoms with E-state index in [-0.39, 0.29) is 17.2 Å². The molecule has 4 rings (SSSR count). The van der Waals surface area contributed by atoms with E-state index in [0.717, 1.165) is 15.6 Å². The van der Waals surface area contributed by atoms with E-state index in [1.165, 1.54) is 28.7 Å². The minimum atomic E-state index is -0.0917. The third-order valence-electron chi connectivity index (χ3n) is 5.26. The molecule has 0 fully saturated rings. The summed E-state index contributed by atoms with van der Waals surface area (Å²) < 4.78 is 8.83. The maximum atomic E-state index is 13.3. The molecule has 172 valence electrons. The first kappa shape index (κ1) is 23.5. The van der Waals surface area contributed by atoms with Gasteiger partial charge in [-0.1, -0.05) is 59.8 Å². The van der Waals surface area contributed by atoms with Crippen LogP contribution in [0.15, 0.2) is 58.5 Å². The number of rotatable bonds is 10. The molecule has 6 nitrogen and oxygen atoms in total. The standard InChI is InChI=1S/C25H27N3O3S2/c1-3-31-14-6-13-28-24(30)23-22(19-7-4-5-8-20(19)33-23)27-25(28)32-16-21(29)26-15-18-11-9-17(2)10-12-18/h4-5,7-12H,3,6,13-16H2,1-2H3,(H,26,29). The summed E-state index contributed by atoms with van der Waals surface area (Å²) in [7, 11) is 0. The van der Waals surface area contributed by atoms with Gasteiger partial charge < -0.3 is 10.1 Å². The Kier molecular flexibility index (Phi) is 7.80. The fourth-order valence-corrected chi connectivity index (χ4v) is 5.46. The number of aromatic nitrogens is 2. The van der Waals surface area contributed by atoms with Crippen molar-refractivity contribution in [1.82, 2.24) is 14.9 Å². The Hall–Kier alpha value is -2.68. The fraction of sp³-hybridized carbons (Fsp3) is 0.320. The molecule has 0 aliphatic heterocycles. The Morgan fingerprint density at radius 2 is 1.97 bits per heavy atom. The van der Waals surface area contributed by atoms with Crippen LogP contribution in [0.25, 0.3) is 20.3 Å². The molecule has 0 unspecified atom stereocenters. The van der Waals surface area contributed by atoms with Gasteiger partial charge in [0.2, 0.25) is 5.91 Å². The fourth-order valence-electron chi connectivity index (χ4n) is 3.52. The number of benzene rings is 2. The second-order valence-corrected chi connectivity index (χ2v) is 9.72. The average molecular weight is 482 g/mol. The van der Waals surface area contributed by atoms with Crippen LogP contribution in [-0.4, -0.2) is 34.4 Å². The number of carbonyl (C=O) groups is 1. The highest BCUT2D eigenvalue weighted by Crippen LogP contribution is 2.31. The lowest BCUT2D eigenvalue weighted by Gasteiger charge is -2.12. The van der Waals surface area contributed by atoms with Crippen molar-refractivity contribution in [2.75, 3.05) is 19.0 Å². The largest absolute Gasteiger partial charge is 0.382 e. The highest BCUT2D eigenvalue weighted by molar-refractivity contribution is 7.99. The van der Waals surface area contributed by atoms with Crippen LogP contribution < -0.4 is 10.9 Å². The molecule has 0 aliphatic carbocycles. The first-order valence-electron chi connectivity index (χ1n) is 11.0. The lowest BCUT2D eigenvalue weighted by molar-refractivity contribution is -0.118. The van der Waals surface area contributed by atoms with Gasteiger partial charge in [-0.3, -0.25) is 14.2 Å². The van der Waals surface area contributed by atoms with Gasteiger partial charge in [0, 0.05) is 36.4 Å². The Labute approximate surface area is 201 Å². The molecular weight excluding hydrogens is 454 g/mol. The number of carbonyl (C=O) groups excluding carboxylic acids is 1. The van der Waals surface area contributed by atoms with Gasteiger partial charge in [-0.15, -0.1) is 11.3 Å². The van der Waals surface area contributed by atoms with Crippen LogP contribution in [0.4, 0.5) is 0 Å². The van der Waals surface area contributed by atoms with Crippen molar-refractivity contribution in [2.45, 2.75) is 38.5 Å². The van der Waals surface area contributed by atoms with E-state index < -0.39 is 0 Å². The minimum Gasteiger partial charge on any atom is -0.382 e. The number of thioether (sulfide) groups is 1. The summed E-state index contributed by atoms with van der Waals surface area (Å²) in [6, 6.07) is 16.0. The summed E-state index contributed by atoms with van der Waals surface area (Å²) in [5.74, 6) is 0.100. The van der Waals surface area contributed by atoms with E-state index in [9.17, 15) is 9.59 Å². The number of aryl methyl sites for hydroxylation is 1. The molecule has 2 aromatic heterocycles. The summed E-state index contributed by atoms with van der Waals surface area (Å²) in [6.45, 7) is 6.19. The van der Waals surface area contributed by atoms with E-state index >= 15 is 0 Å². The number of hydrogen-bond acceptors (Lipinski definition) is 6. The lowest BCUT2D eigenvalue weighted by Crippen LogP contribution is -2.26. The molecule has 2 heterocycles. The molecule has 0 radical (unpaired) electrons. The molecule has 1 N–H and O–H groups in total. The second kappa shape index (κ2) is 11.0. The van der Waals surface area contributed by atoms with Crippen molar-refractivity contribution in [2.24, 2.45) is 0 Å². The van der Waals surface area contributed by atoms with Gasteiger partial charge in [0.25, 0.3) is 5.56 Å². The Bertz CT molecular complexity index is 1310. The number of ether oxygens (including phenoxy) is 1. The first-order valence-corrected chi connectivity index (χ1v) is 12.8. The van der Waals surface area contributed by atoms with Crippen LogP contribution in [0, 0.1) is 6.92 Å². The van der Waals surface area contributed by atoms with Gasteiger partial charge in [-0.2, -0.15) is 0 Å². The zero-order chi connectivity index (χ0) is 23.2. The highest BCUT2D eigenvalue weighted by Gasteiger charge is 2.17. The van der Waals surface area contributed by atoms with Gasteiger partial charge in [0.15, 0.2) is 5.16 Å². The van der Waals surface area contributed by atoms with E-state index in [1.807, 2.05) is 62.4 Å². The number of thiophene rings is 1. The zero-order valence-electron chi connectivity index (χ0n) is 18.8. The third-order valence-corrected chi connectivity index (χ3v) is 7.39. The first-order chi connectivity index (χ1) is 16.1. The molecule has 0 bridgehead atoms. The van der Waals surface area contributed by atoms with E-state index in [0.29, 0.717) is 48.1 Å². The Morgan fingerprint density at radius 1 is 1.18 bits per heavy atom. The maximum absolute atomic E-state index is 13.3. The van der Waals surface area contributed by atoms with Crippen molar-refractivity contribution < 1.29 is 9.53 Å². The minimum absolute atomic E-state index is 0.0553. The van der Waals surface area contributed by atoms with Crippen molar-refractivity contribution in [3.05, 3.63) is 70.0 Å². The molecule has 0 spiro atoms. The molecule has 0 saturated carbocycles. The normalized spacial score (nSPS) is 11.3. The van der Waals surface area contributed by atoms with Crippen LogP contribution in [0.2, 0.25) is 0 Å². The number of amides is 1. The molecule has 0 atom stereocenters. The second-order valence-electron chi connectivity index (χ2n) is 7.73. The van der Waals surface area contributed by atoms with E-state index in [1.54, 1.807) is 4.57 Å². The predicted molar refractivity (Wildman–Crippen MR) is 136 cm³/mol. The van der Waals surface area contributed by atoms with Crippen LogP contribution in [0.5, 0.6) is 0 Å². The molecule has 0 saturated heterocycles. The van der Waals surface area contributed by atoms with Gasteiger partial charge >= 0.3 is 0 Å². The van der Waals surface area contributed by atoms with Gasteiger partial charge in [0.05, 0.1) is 11.3 Å². The maximum Gasteiger partial charge on any atom is 0.272 e. The molecular formula is C25H27N3O3S2. The summed E-state index contributed by atoms with van der Waals surface area (Å²) in [4.78, 5) is 30.7. The molecule has 8 heteroatoms. The monoisotopic (exact) mass is 481 g/mol. The SMILES string of the molecule is CCOCCCn1c(SCC(=O)NCc2ccc(C)cc2)nc2c(sc3ccccc32)c1=O. The third kappa shape index (κ3) is 5.63. The topological polar surface area (TPSA) is 73.2 Å². The van der Waals surface area contributed by atoms with E-state index in [4.69, 9.17) is 9.72 Å². The van der Waals surface area contributed by atoms with Crippen LogP contribution in [0.3, 0.4) is 0 Å². The zero-order valence-corrected chi connectivity index (χ0v) is 20.4. The number of hydrogen-bond donors (Lipinski definition) is 1. The van der Waals surface area contributed by atoms with Crippen LogP contribution in [0.1, 0.15) is 24.5 Å². The van der Waals surface area contributed by atoms with Crippen LogP contribution in [-0.2, 0) is 22.6 Å². The Balaban J connectivity index is 1.54. The van der Waals surface area contributed by atoms with Crippen molar-refractivity contribution in [3.63, 3.8) is 0 Å². The molecule has 33 heavy (non-hydrogen) atoms. The number of nitrogens with one attached hydrogen (secondary N) is 1. The molecule has 2 aromatic carbocycles. The Morgan fingerprint density at radius 3 is 2.76 bits per heavy atom. The van der Waals surface area contributed by atoms with Crippen molar-refractivity contribution in [1.29, 1.82) is 0 Å². The molecule has 1 amide bonds. The summed E-state index contributed by atoms with van der Waals surface area (Å²) in [6.07, 6.45) is 0.707. The van der Waals surface area contributed by atoms with Gasteiger partial charge in [0.1, 0.15) is 4.70 Å². The average Bonchev–Trinajstić information content (AvgIpc) is 3.20. The van der Waals surface area contributed by atoms with Gasteiger partial charge in [-0.25, -0.2) is 4.98 Å². The lowest BCUT2D eigenvalue weighted by atomic mass is 10.1. The quantitative estimate of drug-likeness (QED) is 0.201.